The van der Waals surface area contributed by atoms with Crippen LogP contribution in [0.4, 0.5) is 0 Å². The molecule has 1 heterocycles. The normalized spacial score (nSPS) is 23.0. The zero-order valence-electron chi connectivity index (χ0n) is 7.29. The van der Waals surface area contributed by atoms with Crippen molar-refractivity contribution in [1.82, 2.24) is 5.32 Å². The molecule has 0 radical (unpaired) electrons. The van der Waals surface area contributed by atoms with Gasteiger partial charge < -0.3 is 4.74 Å². The van der Waals surface area contributed by atoms with Crippen molar-refractivity contribution in [3.8, 4) is 0 Å². The number of nitrogens with one attached hydrogen (secondary N) is 1. The first-order valence-electron chi connectivity index (χ1n) is 4.47. The highest BCUT2D eigenvalue weighted by molar-refractivity contribution is 9.10. The number of hydrogen-bond donors (Lipinski definition) is 1. The topological polar surface area (TPSA) is 21.3 Å². The molecule has 0 bridgehead atoms. The third-order valence-corrected chi connectivity index (χ3v) is 2.64. The summed E-state index contributed by atoms with van der Waals surface area (Å²) in [5.74, 6) is 0. The van der Waals surface area contributed by atoms with E-state index in [1.165, 1.54) is 5.56 Å². The summed E-state index contributed by atoms with van der Waals surface area (Å²) in [5.41, 5.74) is 1.20. The molecule has 1 aliphatic heterocycles. The van der Waals surface area contributed by atoms with Gasteiger partial charge in [-0.2, -0.15) is 0 Å². The summed E-state index contributed by atoms with van der Waals surface area (Å²) < 4.78 is 6.68. The van der Waals surface area contributed by atoms with Gasteiger partial charge in [0.2, 0.25) is 0 Å². The molecule has 1 saturated heterocycles. The van der Waals surface area contributed by atoms with Gasteiger partial charge in [-0.05, 0) is 24.1 Å². The van der Waals surface area contributed by atoms with E-state index in [-0.39, 0.29) is 6.23 Å². The highest BCUT2D eigenvalue weighted by atomic mass is 79.9. The molecule has 1 atom stereocenters. The molecular weight excluding hydrogens is 230 g/mol. The minimum Gasteiger partial charge on any atom is -0.359 e. The van der Waals surface area contributed by atoms with Crippen LogP contribution in [0.1, 0.15) is 18.2 Å². The third-order valence-electron chi connectivity index (χ3n) is 2.11. The molecule has 1 unspecified atom stereocenters. The molecule has 1 fully saturated rings. The van der Waals surface area contributed by atoms with Crippen LogP contribution >= 0.6 is 15.9 Å². The Kier molecular flexibility index (Phi) is 2.98. The first-order valence-corrected chi connectivity index (χ1v) is 5.26. The van der Waals surface area contributed by atoms with Crippen molar-refractivity contribution in [2.45, 2.75) is 12.6 Å². The zero-order chi connectivity index (χ0) is 9.10. The Morgan fingerprint density at radius 3 is 2.69 bits per heavy atom. The Morgan fingerprint density at radius 1 is 1.31 bits per heavy atom. The lowest BCUT2D eigenvalue weighted by atomic mass is 10.2. The van der Waals surface area contributed by atoms with E-state index >= 15 is 0 Å². The molecule has 1 N–H and O–H groups in total. The monoisotopic (exact) mass is 241 g/mol. The Hall–Kier alpha value is -0.380. The van der Waals surface area contributed by atoms with E-state index in [2.05, 4.69) is 33.4 Å². The van der Waals surface area contributed by atoms with Gasteiger partial charge in [0.1, 0.15) is 6.23 Å². The standard InChI is InChI=1S/C10H12BrNO/c11-9-4-2-8(3-5-9)10-12-6-1-7-13-10/h2-5,10,12H,1,6-7H2. The van der Waals surface area contributed by atoms with Crippen molar-refractivity contribution in [2.24, 2.45) is 0 Å². The van der Waals surface area contributed by atoms with E-state index in [9.17, 15) is 0 Å². The predicted molar refractivity (Wildman–Crippen MR) is 55.5 cm³/mol. The van der Waals surface area contributed by atoms with Crippen molar-refractivity contribution in [2.75, 3.05) is 13.2 Å². The van der Waals surface area contributed by atoms with Gasteiger partial charge in [0.25, 0.3) is 0 Å². The summed E-state index contributed by atoms with van der Waals surface area (Å²) in [5, 5.41) is 3.32. The number of benzene rings is 1. The van der Waals surface area contributed by atoms with Gasteiger partial charge in [-0.3, -0.25) is 5.32 Å². The summed E-state index contributed by atoms with van der Waals surface area (Å²) in [6.07, 6.45) is 1.19. The molecule has 1 aromatic carbocycles. The van der Waals surface area contributed by atoms with Gasteiger partial charge in [0.15, 0.2) is 0 Å². The predicted octanol–water partition coefficient (Wildman–Crippen LogP) is 2.46. The maximum atomic E-state index is 5.58. The summed E-state index contributed by atoms with van der Waals surface area (Å²) >= 11 is 3.41. The Balaban J connectivity index is 2.10. The third kappa shape index (κ3) is 2.30. The molecular formula is C10H12BrNO. The smallest absolute Gasteiger partial charge is 0.134 e. The SMILES string of the molecule is Brc1ccc(C2NCCCO2)cc1. The first-order chi connectivity index (χ1) is 6.36. The van der Waals surface area contributed by atoms with E-state index in [1.54, 1.807) is 0 Å². The molecule has 70 valence electrons. The first kappa shape index (κ1) is 9.19. The Labute approximate surface area is 86.4 Å². The van der Waals surface area contributed by atoms with E-state index < -0.39 is 0 Å². The molecule has 1 aromatic rings. The van der Waals surface area contributed by atoms with Crippen LogP contribution in [0, 0.1) is 0 Å². The van der Waals surface area contributed by atoms with Crippen LogP contribution in [0.3, 0.4) is 0 Å². The highest BCUT2D eigenvalue weighted by Crippen LogP contribution is 2.19. The van der Waals surface area contributed by atoms with Crippen molar-refractivity contribution < 1.29 is 4.74 Å². The van der Waals surface area contributed by atoms with Crippen LogP contribution in [0.15, 0.2) is 28.7 Å². The molecule has 0 aliphatic carbocycles. The van der Waals surface area contributed by atoms with E-state index in [4.69, 9.17) is 4.74 Å². The molecule has 3 heteroatoms. The van der Waals surface area contributed by atoms with Crippen LogP contribution in [0.2, 0.25) is 0 Å². The van der Waals surface area contributed by atoms with Crippen molar-refractivity contribution in [3.63, 3.8) is 0 Å². The second-order valence-electron chi connectivity index (χ2n) is 3.11. The second-order valence-corrected chi connectivity index (χ2v) is 4.03. The second kappa shape index (κ2) is 4.22. The van der Waals surface area contributed by atoms with Crippen LogP contribution < -0.4 is 5.32 Å². The molecule has 13 heavy (non-hydrogen) atoms. The van der Waals surface area contributed by atoms with Crippen molar-refractivity contribution in [3.05, 3.63) is 34.3 Å². The average molecular weight is 242 g/mol. The molecule has 2 nitrogen and oxygen atoms in total. The fourth-order valence-electron chi connectivity index (χ4n) is 1.42. The van der Waals surface area contributed by atoms with Crippen LogP contribution in [-0.2, 0) is 4.74 Å². The fourth-order valence-corrected chi connectivity index (χ4v) is 1.68. The summed E-state index contributed by atoms with van der Waals surface area (Å²) in [6, 6.07) is 8.23. The maximum Gasteiger partial charge on any atom is 0.134 e. The van der Waals surface area contributed by atoms with Crippen molar-refractivity contribution >= 4 is 15.9 Å². The Morgan fingerprint density at radius 2 is 2.08 bits per heavy atom. The summed E-state index contributed by atoms with van der Waals surface area (Å²) in [4.78, 5) is 0. The van der Waals surface area contributed by atoms with Gasteiger partial charge in [0.05, 0.1) is 6.61 Å². The van der Waals surface area contributed by atoms with Gasteiger partial charge in [-0.1, -0.05) is 28.1 Å². The quantitative estimate of drug-likeness (QED) is 0.816. The highest BCUT2D eigenvalue weighted by Gasteiger charge is 2.14. The average Bonchev–Trinajstić information content (AvgIpc) is 2.20. The lowest BCUT2D eigenvalue weighted by Crippen LogP contribution is -2.30. The minimum atomic E-state index is 0.0850. The molecule has 0 aromatic heterocycles. The zero-order valence-corrected chi connectivity index (χ0v) is 8.88. The number of hydrogen-bond acceptors (Lipinski definition) is 2. The lowest BCUT2D eigenvalue weighted by Gasteiger charge is -2.24. The minimum absolute atomic E-state index is 0.0850. The largest absolute Gasteiger partial charge is 0.359 e. The fraction of sp³-hybridized carbons (Fsp3) is 0.400. The van der Waals surface area contributed by atoms with Gasteiger partial charge >= 0.3 is 0 Å². The van der Waals surface area contributed by atoms with Gasteiger partial charge in [-0.25, -0.2) is 0 Å². The van der Waals surface area contributed by atoms with E-state index in [0.717, 1.165) is 24.0 Å². The summed E-state index contributed by atoms with van der Waals surface area (Å²) in [7, 11) is 0. The number of rotatable bonds is 1. The summed E-state index contributed by atoms with van der Waals surface area (Å²) in [6.45, 7) is 1.90. The van der Waals surface area contributed by atoms with Crippen LogP contribution in [0.25, 0.3) is 0 Å². The molecule has 0 amide bonds. The van der Waals surface area contributed by atoms with E-state index in [1.807, 2.05) is 12.1 Å². The van der Waals surface area contributed by atoms with Crippen LogP contribution in [0.5, 0.6) is 0 Å². The van der Waals surface area contributed by atoms with E-state index in [0.29, 0.717) is 0 Å². The van der Waals surface area contributed by atoms with Gasteiger partial charge in [-0.15, -0.1) is 0 Å². The number of halogens is 1. The Bertz CT molecular complexity index is 267. The number of ether oxygens (including phenoxy) is 1. The molecule has 1 aliphatic rings. The van der Waals surface area contributed by atoms with Crippen LogP contribution in [-0.4, -0.2) is 13.2 Å². The maximum absolute atomic E-state index is 5.58. The molecule has 0 spiro atoms. The van der Waals surface area contributed by atoms with Crippen molar-refractivity contribution in [1.29, 1.82) is 0 Å². The van der Waals surface area contributed by atoms with Gasteiger partial charge in [0, 0.05) is 11.0 Å². The molecule has 0 saturated carbocycles. The lowest BCUT2D eigenvalue weighted by molar-refractivity contribution is -0.000318. The molecule has 2 rings (SSSR count).